The van der Waals surface area contributed by atoms with Gasteiger partial charge in [0.1, 0.15) is 17.7 Å². The van der Waals surface area contributed by atoms with Crippen LogP contribution < -0.4 is 5.32 Å². The van der Waals surface area contributed by atoms with Gasteiger partial charge in [0.15, 0.2) is 0 Å². The van der Waals surface area contributed by atoms with Gasteiger partial charge in [-0.3, -0.25) is 4.79 Å². The molecule has 2 N–H and O–H groups in total. The van der Waals surface area contributed by atoms with Gasteiger partial charge in [0.25, 0.3) is 5.91 Å². The van der Waals surface area contributed by atoms with Gasteiger partial charge in [-0.2, -0.15) is 0 Å². The zero-order chi connectivity index (χ0) is 13.2. The van der Waals surface area contributed by atoms with E-state index in [2.05, 4.69) is 15.0 Å². The lowest BCUT2D eigenvalue weighted by atomic mass is 10.0. The number of aromatic hydroxyl groups is 1. The van der Waals surface area contributed by atoms with E-state index in [0.717, 1.165) is 5.39 Å². The van der Waals surface area contributed by atoms with Crippen molar-refractivity contribution in [1.29, 1.82) is 0 Å². The molecule has 1 heterocycles. The molecule has 1 amide bonds. The molecule has 1 aromatic heterocycles. The molecule has 0 fully saturated rings. The minimum absolute atomic E-state index is 0.0351. The summed E-state index contributed by atoms with van der Waals surface area (Å²) in [6, 6.07) is 10.7. The van der Waals surface area contributed by atoms with Crippen molar-refractivity contribution in [3.05, 3.63) is 54.4 Å². The summed E-state index contributed by atoms with van der Waals surface area (Å²) in [4.78, 5) is 12.0. The van der Waals surface area contributed by atoms with Gasteiger partial charge in [-0.15, -0.1) is 0 Å². The molecule has 0 spiro atoms. The number of fused-ring (bicyclic) bond motifs is 1. The summed E-state index contributed by atoms with van der Waals surface area (Å²) in [5.41, 5.74) is 0.650. The van der Waals surface area contributed by atoms with Crippen molar-refractivity contribution in [2.45, 2.75) is 0 Å². The molecule has 5 nitrogen and oxygen atoms in total. The first kappa shape index (κ1) is 11.3. The molecule has 0 bridgehead atoms. The Labute approximate surface area is 108 Å². The van der Waals surface area contributed by atoms with E-state index < -0.39 is 5.91 Å². The molecule has 0 aliphatic rings. The molecule has 0 radical (unpaired) electrons. The van der Waals surface area contributed by atoms with Gasteiger partial charge >= 0.3 is 0 Å². The van der Waals surface area contributed by atoms with E-state index in [4.69, 9.17) is 0 Å². The highest BCUT2D eigenvalue weighted by molar-refractivity contribution is 6.09. The number of carbonyl (C=O) groups excluding carboxylic acids is 1. The predicted octanol–water partition coefficient (Wildman–Crippen LogP) is 2.79. The maximum atomic E-state index is 12.0. The molecule has 0 aliphatic carbocycles. The molecule has 3 rings (SSSR count). The fraction of sp³-hybridized carbons (Fsp3) is 0. The topological polar surface area (TPSA) is 75.4 Å². The molecule has 19 heavy (non-hydrogen) atoms. The number of amides is 1. The maximum absolute atomic E-state index is 12.0. The Morgan fingerprint density at radius 2 is 2.05 bits per heavy atom. The largest absolute Gasteiger partial charge is 0.506 e. The fourth-order valence-electron chi connectivity index (χ4n) is 1.90. The number of benzene rings is 2. The first-order chi connectivity index (χ1) is 9.25. The number of nitrogens with zero attached hydrogens (tertiary/aromatic N) is 1. The summed E-state index contributed by atoms with van der Waals surface area (Å²) in [6.45, 7) is 0. The number of aromatic nitrogens is 1. The third-order valence-electron chi connectivity index (χ3n) is 2.84. The van der Waals surface area contributed by atoms with E-state index in [-0.39, 0.29) is 11.3 Å². The average molecular weight is 254 g/mol. The number of hydrogen-bond donors (Lipinski definition) is 2. The van der Waals surface area contributed by atoms with Gasteiger partial charge in [-0.05, 0) is 11.5 Å². The number of anilines is 1. The Morgan fingerprint density at radius 3 is 2.84 bits per heavy atom. The molecule has 0 aliphatic heterocycles. The van der Waals surface area contributed by atoms with Crippen molar-refractivity contribution in [3.8, 4) is 5.75 Å². The van der Waals surface area contributed by atoms with Crippen molar-refractivity contribution < 1.29 is 14.4 Å². The minimum Gasteiger partial charge on any atom is -0.506 e. The highest BCUT2D eigenvalue weighted by Gasteiger charge is 2.14. The monoisotopic (exact) mass is 254 g/mol. The zero-order valence-electron chi connectivity index (χ0n) is 9.83. The molecule has 0 unspecified atom stereocenters. The van der Waals surface area contributed by atoms with Crippen LogP contribution in [0.25, 0.3) is 10.8 Å². The number of nitrogens with one attached hydrogen (secondary N) is 1. The van der Waals surface area contributed by atoms with E-state index in [0.29, 0.717) is 11.1 Å². The lowest BCUT2D eigenvalue weighted by molar-refractivity contribution is 0.102. The van der Waals surface area contributed by atoms with Crippen LogP contribution in [0.15, 0.2) is 53.4 Å². The summed E-state index contributed by atoms with van der Waals surface area (Å²) >= 11 is 0. The molecular formula is C14H10N2O3. The normalized spacial score (nSPS) is 10.5. The Hall–Kier alpha value is -2.82. The Bertz CT molecular complexity index is 736. The van der Waals surface area contributed by atoms with E-state index in [9.17, 15) is 9.90 Å². The molecule has 94 valence electrons. The summed E-state index contributed by atoms with van der Waals surface area (Å²) < 4.78 is 4.62. The van der Waals surface area contributed by atoms with Gasteiger partial charge in [0.2, 0.25) is 0 Å². The SMILES string of the molecule is O=C(Nc1cnoc1)c1ccc2ccccc2c1O. The first-order valence-electron chi connectivity index (χ1n) is 5.67. The third-order valence-corrected chi connectivity index (χ3v) is 2.84. The lowest BCUT2D eigenvalue weighted by Gasteiger charge is -2.07. The van der Waals surface area contributed by atoms with E-state index in [1.165, 1.54) is 12.5 Å². The van der Waals surface area contributed by atoms with Crippen molar-refractivity contribution >= 4 is 22.4 Å². The predicted molar refractivity (Wildman–Crippen MR) is 70.1 cm³/mol. The molecule has 2 aromatic carbocycles. The van der Waals surface area contributed by atoms with Crippen LogP contribution in [-0.2, 0) is 0 Å². The van der Waals surface area contributed by atoms with Crippen LogP contribution in [0.3, 0.4) is 0 Å². The van der Waals surface area contributed by atoms with Crippen LogP contribution in [0.2, 0.25) is 0 Å². The molecular weight excluding hydrogens is 244 g/mol. The maximum Gasteiger partial charge on any atom is 0.259 e. The summed E-state index contributed by atoms with van der Waals surface area (Å²) in [7, 11) is 0. The first-order valence-corrected chi connectivity index (χ1v) is 5.67. The standard InChI is InChI=1S/C14H10N2O3/c17-13-11-4-2-1-3-9(11)5-6-12(13)14(18)16-10-7-15-19-8-10/h1-8,17H,(H,16,18). The highest BCUT2D eigenvalue weighted by Crippen LogP contribution is 2.28. The van der Waals surface area contributed by atoms with Crippen molar-refractivity contribution in [3.63, 3.8) is 0 Å². The quantitative estimate of drug-likeness (QED) is 0.737. The molecule has 0 saturated carbocycles. The Balaban J connectivity index is 2.01. The average Bonchev–Trinajstić information content (AvgIpc) is 2.92. The zero-order valence-corrected chi connectivity index (χ0v) is 9.83. The van der Waals surface area contributed by atoms with E-state index in [1.54, 1.807) is 18.2 Å². The van der Waals surface area contributed by atoms with Crippen molar-refractivity contribution in [2.75, 3.05) is 5.32 Å². The second-order valence-electron chi connectivity index (χ2n) is 4.05. The Morgan fingerprint density at radius 1 is 1.21 bits per heavy atom. The van der Waals surface area contributed by atoms with Crippen LogP contribution in [0.4, 0.5) is 5.69 Å². The minimum atomic E-state index is -0.411. The van der Waals surface area contributed by atoms with Crippen molar-refractivity contribution in [1.82, 2.24) is 5.16 Å². The number of carbonyl (C=O) groups is 1. The summed E-state index contributed by atoms with van der Waals surface area (Å²) in [5.74, 6) is -0.446. The van der Waals surface area contributed by atoms with Gasteiger partial charge in [-0.1, -0.05) is 35.5 Å². The van der Waals surface area contributed by atoms with Crippen LogP contribution in [0.1, 0.15) is 10.4 Å². The van der Waals surface area contributed by atoms with E-state index in [1.807, 2.05) is 18.2 Å². The third kappa shape index (κ3) is 2.01. The summed E-state index contributed by atoms with van der Waals surface area (Å²) in [5, 5.41) is 17.7. The van der Waals surface area contributed by atoms with Crippen LogP contribution in [0.5, 0.6) is 5.75 Å². The highest BCUT2D eigenvalue weighted by atomic mass is 16.5. The molecule has 3 aromatic rings. The second kappa shape index (κ2) is 4.45. The van der Waals surface area contributed by atoms with Crippen LogP contribution >= 0.6 is 0 Å². The number of phenolic OH excluding ortho intramolecular Hbond substituents is 1. The molecule has 5 heteroatoms. The summed E-state index contributed by atoms with van der Waals surface area (Å²) in [6.07, 6.45) is 2.70. The van der Waals surface area contributed by atoms with E-state index >= 15 is 0 Å². The number of phenols is 1. The number of hydrogen-bond acceptors (Lipinski definition) is 4. The number of rotatable bonds is 2. The fourth-order valence-corrected chi connectivity index (χ4v) is 1.90. The van der Waals surface area contributed by atoms with Crippen LogP contribution in [0, 0.1) is 0 Å². The van der Waals surface area contributed by atoms with Crippen LogP contribution in [-0.4, -0.2) is 16.2 Å². The molecule has 0 saturated heterocycles. The van der Waals surface area contributed by atoms with Gasteiger partial charge < -0.3 is 14.9 Å². The van der Waals surface area contributed by atoms with Gasteiger partial charge in [0, 0.05) is 5.39 Å². The second-order valence-corrected chi connectivity index (χ2v) is 4.05. The van der Waals surface area contributed by atoms with Gasteiger partial charge in [0.05, 0.1) is 11.8 Å². The lowest BCUT2D eigenvalue weighted by Crippen LogP contribution is -2.11. The van der Waals surface area contributed by atoms with Gasteiger partial charge in [-0.25, -0.2) is 0 Å². The Kier molecular flexibility index (Phi) is 2.64. The smallest absolute Gasteiger partial charge is 0.259 e. The van der Waals surface area contributed by atoms with Crippen molar-refractivity contribution in [2.24, 2.45) is 0 Å². The molecule has 0 atom stereocenters.